The number of halogens is 1. The SMILES string of the molecule is COc1ccc(C(=O)Oc2c(Cl)cc(/C=C3\SC(=O)N(CCOc4ccccc4OC)C3=O)cc2OC)cc1. The van der Waals surface area contributed by atoms with Crippen molar-refractivity contribution in [2.75, 3.05) is 34.5 Å². The minimum absolute atomic E-state index is 0.0266. The Kier molecular flexibility index (Phi) is 9.00. The van der Waals surface area contributed by atoms with E-state index in [2.05, 4.69) is 0 Å². The lowest BCUT2D eigenvalue weighted by atomic mass is 10.1. The lowest BCUT2D eigenvalue weighted by molar-refractivity contribution is -0.123. The highest BCUT2D eigenvalue weighted by atomic mass is 35.5. The van der Waals surface area contributed by atoms with Gasteiger partial charge in [0.25, 0.3) is 11.1 Å². The van der Waals surface area contributed by atoms with Gasteiger partial charge in [-0.15, -0.1) is 0 Å². The highest BCUT2D eigenvalue weighted by Gasteiger charge is 2.35. The quantitative estimate of drug-likeness (QED) is 0.173. The van der Waals surface area contributed by atoms with E-state index < -0.39 is 17.1 Å². The number of imide groups is 1. The molecule has 9 nitrogen and oxygen atoms in total. The Morgan fingerprint density at radius 2 is 1.62 bits per heavy atom. The predicted octanol–water partition coefficient (Wildman–Crippen LogP) is 5.70. The van der Waals surface area contributed by atoms with E-state index in [1.54, 1.807) is 48.5 Å². The normalized spacial score (nSPS) is 13.9. The first-order chi connectivity index (χ1) is 18.8. The number of carbonyl (C=O) groups is 3. The molecule has 4 rings (SSSR count). The molecule has 0 atom stereocenters. The molecule has 1 heterocycles. The number of amides is 2. The molecule has 1 fully saturated rings. The van der Waals surface area contributed by atoms with E-state index in [4.69, 9.17) is 35.3 Å². The van der Waals surface area contributed by atoms with Crippen LogP contribution in [0.3, 0.4) is 0 Å². The number of thioether (sulfide) groups is 1. The first-order valence-corrected chi connectivity index (χ1v) is 12.8. The van der Waals surface area contributed by atoms with Crippen LogP contribution in [-0.4, -0.2) is 56.5 Å². The summed E-state index contributed by atoms with van der Waals surface area (Å²) in [5.74, 6) is 0.770. The minimum Gasteiger partial charge on any atom is -0.497 e. The number of methoxy groups -OCH3 is 3. The van der Waals surface area contributed by atoms with Crippen LogP contribution < -0.4 is 23.7 Å². The van der Waals surface area contributed by atoms with Crippen molar-refractivity contribution >= 4 is 46.6 Å². The zero-order valence-electron chi connectivity index (χ0n) is 21.3. The zero-order valence-corrected chi connectivity index (χ0v) is 22.8. The van der Waals surface area contributed by atoms with Crippen LogP contribution in [0, 0.1) is 0 Å². The minimum atomic E-state index is -0.637. The predicted molar refractivity (Wildman–Crippen MR) is 147 cm³/mol. The first kappa shape index (κ1) is 27.9. The molecular weight excluding hydrogens is 546 g/mol. The molecule has 3 aromatic rings. The Balaban J connectivity index is 1.46. The second-order valence-corrected chi connectivity index (χ2v) is 9.39. The molecule has 0 N–H and O–H groups in total. The summed E-state index contributed by atoms with van der Waals surface area (Å²) in [6, 6.07) is 16.6. The monoisotopic (exact) mass is 569 g/mol. The second-order valence-electron chi connectivity index (χ2n) is 7.98. The Labute approximate surface area is 234 Å². The summed E-state index contributed by atoms with van der Waals surface area (Å²) in [4.78, 5) is 39.4. The van der Waals surface area contributed by atoms with Crippen molar-refractivity contribution < 1.29 is 38.1 Å². The van der Waals surface area contributed by atoms with Crippen molar-refractivity contribution in [3.63, 3.8) is 0 Å². The maximum absolute atomic E-state index is 12.9. The van der Waals surface area contributed by atoms with Gasteiger partial charge < -0.3 is 23.7 Å². The number of hydrogen-bond acceptors (Lipinski definition) is 9. The molecule has 0 saturated carbocycles. The van der Waals surface area contributed by atoms with Crippen LogP contribution in [0.1, 0.15) is 15.9 Å². The fourth-order valence-corrected chi connectivity index (χ4v) is 4.75. The number of rotatable bonds is 10. The van der Waals surface area contributed by atoms with E-state index in [9.17, 15) is 14.4 Å². The molecule has 0 aromatic heterocycles. The summed E-state index contributed by atoms with van der Waals surface area (Å²) >= 11 is 7.22. The third-order valence-electron chi connectivity index (χ3n) is 5.59. The topological polar surface area (TPSA) is 101 Å². The van der Waals surface area contributed by atoms with Gasteiger partial charge in [0.2, 0.25) is 0 Å². The summed E-state index contributed by atoms with van der Waals surface area (Å²) in [6.45, 7) is 0.157. The van der Waals surface area contributed by atoms with Gasteiger partial charge in [0.1, 0.15) is 12.4 Å². The van der Waals surface area contributed by atoms with Crippen molar-refractivity contribution in [1.82, 2.24) is 4.90 Å². The van der Waals surface area contributed by atoms with Crippen molar-refractivity contribution in [1.29, 1.82) is 0 Å². The number of hydrogen-bond donors (Lipinski definition) is 0. The van der Waals surface area contributed by atoms with E-state index >= 15 is 0 Å². The smallest absolute Gasteiger partial charge is 0.343 e. The number of carbonyl (C=O) groups excluding carboxylic acids is 3. The van der Waals surface area contributed by atoms with E-state index in [-0.39, 0.29) is 34.6 Å². The second kappa shape index (κ2) is 12.6. The molecule has 0 spiro atoms. The number of esters is 1. The maximum atomic E-state index is 12.9. The molecule has 0 bridgehead atoms. The van der Waals surface area contributed by atoms with Gasteiger partial charge in [0.05, 0.1) is 43.4 Å². The van der Waals surface area contributed by atoms with Gasteiger partial charge in [-0.25, -0.2) is 4.79 Å². The molecule has 11 heteroatoms. The van der Waals surface area contributed by atoms with Gasteiger partial charge in [0.15, 0.2) is 23.0 Å². The van der Waals surface area contributed by atoms with E-state index in [1.165, 1.54) is 33.5 Å². The van der Waals surface area contributed by atoms with Crippen LogP contribution in [0.25, 0.3) is 6.08 Å². The van der Waals surface area contributed by atoms with Crippen LogP contribution >= 0.6 is 23.4 Å². The third kappa shape index (κ3) is 6.47. The molecule has 1 aliphatic heterocycles. The van der Waals surface area contributed by atoms with Crippen molar-refractivity contribution in [2.45, 2.75) is 0 Å². The fraction of sp³-hybridized carbons (Fsp3) is 0.179. The summed E-state index contributed by atoms with van der Waals surface area (Å²) in [5.41, 5.74) is 0.776. The van der Waals surface area contributed by atoms with Gasteiger partial charge in [-0.05, 0) is 71.9 Å². The fourth-order valence-electron chi connectivity index (χ4n) is 3.63. The molecule has 2 amide bonds. The number of benzene rings is 3. The molecule has 39 heavy (non-hydrogen) atoms. The van der Waals surface area contributed by atoms with Gasteiger partial charge >= 0.3 is 5.97 Å². The average Bonchev–Trinajstić information content (AvgIpc) is 3.21. The Morgan fingerprint density at radius 3 is 2.28 bits per heavy atom. The third-order valence-corrected chi connectivity index (χ3v) is 6.77. The van der Waals surface area contributed by atoms with E-state index in [0.717, 1.165) is 16.7 Å². The zero-order chi connectivity index (χ0) is 27.9. The van der Waals surface area contributed by atoms with Crippen molar-refractivity contribution in [2.24, 2.45) is 0 Å². The van der Waals surface area contributed by atoms with Crippen LogP contribution in [-0.2, 0) is 4.79 Å². The molecule has 202 valence electrons. The van der Waals surface area contributed by atoms with E-state index in [1.807, 2.05) is 6.07 Å². The highest BCUT2D eigenvalue weighted by Crippen LogP contribution is 2.39. The Bertz CT molecular complexity index is 1420. The van der Waals surface area contributed by atoms with Crippen molar-refractivity contribution in [3.8, 4) is 28.7 Å². The highest BCUT2D eigenvalue weighted by molar-refractivity contribution is 8.18. The van der Waals surface area contributed by atoms with Crippen LogP contribution in [0.5, 0.6) is 28.7 Å². The standard InChI is InChI=1S/C28H24ClNO8S/c1-34-19-10-8-18(9-11-19)27(32)38-25-20(29)14-17(15-23(25)36-3)16-24-26(31)30(28(33)39-24)12-13-37-22-7-5-4-6-21(22)35-2/h4-11,14-16H,12-13H2,1-3H3/b24-16-. The maximum Gasteiger partial charge on any atom is 0.343 e. The largest absolute Gasteiger partial charge is 0.497 e. The summed E-state index contributed by atoms with van der Waals surface area (Å²) in [6.07, 6.45) is 1.52. The van der Waals surface area contributed by atoms with Crippen LogP contribution in [0.2, 0.25) is 5.02 Å². The lowest BCUT2D eigenvalue weighted by Gasteiger charge is -2.14. The average molecular weight is 570 g/mol. The first-order valence-electron chi connectivity index (χ1n) is 11.6. The van der Waals surface area contributed by atoms with E-state index in [0.29, 0.717) is 28.4 Å². The molecule has 1 aliphatic rings. The molecular formula is C28H24ClNO8S. The number of nitrogens with zero attached hydrogens (tertiary/aromatic N) is 1. The Morgan fingerprint density at radius 1 is 0.923 bits per heavy atom. The van der Waals surface area contributed by atoms with Gasteiger partial charge in [-0.2, -0.15) is 0 Å². The summed E-state index contributed by atoms with van der Waals surface area (Å²) in [5, 5.41) is -0.329. The van der Waals surface area contributed by atoms with Gasteiger partial charge in [-0.1, -0.05) is 23.7 Å². The lowest BCUT2D eigenvalue weighted by Crippen LogP contribution is -2.32. The number of para-hydroxylation sites is 2. The molecule has 0 aliphatic carbocycles. The van der Waals surface area contributed by atoms with Gasteiger partial charge in [-0.3, -0.25) is 14.5 Å². The molecule has 0 unspecified atom stereocenters. The molecule has 1 saturated heterocycles. The summed E-state index contributed by atoms with van der Waals surface area (Å²) in [7, 11) is 4.45. The molecule has 0 radical (unpaired) electrons. The Hall–Kier alpha value is -4.15. The molecule has 3 aromatic carbocycles. The van der Waals surface area contributed by atoms with Crippen LogP contribution in [0.15, 0.2) is 65.6 Å². The van der Waals surface area contributed by atoms with Crippen LogP contribution in [0.4, 0.5) is 4.79 Å². The summed E-state index contributed by atoms with van der Waals surface area (Å²) < 4.78 is 26.9. The van der Waals surface area contributed by atoms with Crippen molar-refractivity contribution in [3.05, 3.63) is 81.7 Å². The number of ether oxygens (including phenoxy) is 5. The van der Waals surface area contributed by atoms with Gasteiger partial charge in [0, 0.05) is 0 Å².